The summed E-state index contributed by atoms with van der Waals surface area (Å²) in [5.74, 6) is -0.274. The molecule has 0 atom stereocenters. The van der Waals surface area contributed by atoms with Gasteiger partial charge in [-0.25, -0.2) is 13.1 Å². The van der Waals surface area contributed by atoms with Crippen molar-refractivity contribution in [1.82, 2.24) is 9.78 Å². The molecule has 2 aromatic carbocycles. The van der Waals surface area contributed by atoms with Crippen molar-refractivity contribution in [2.75, 3.05) is 5.32 Å². The smallest absolute Gasteiger partial charge is 0.256 e. The molecule has 0 saturated heterocycles. The summed E-state index contributed by atoms with van der Waals surface area (Å²) < 4.78 is 26.3. The third-order valence-corrected chi connectivity index (χ3v) is 6.36. The van der Waals surface area contributed by atoms with Crippen molar-refractivity contribution in [2.45, 2.75) is 11.5 Å². The molecule has 0 aliphatic carbocycles. The molecule has 6 nitrogen and oxygen atoms in total. The van der Waals surface area contributed by atoms with E-state index in [2.05, 4.69) is 26.3 Å². The molecule has 1 aromatic heterocycles. The van der Waals surface area contributed by atoms with Gasteiger partial charge in [0.2, 0.25) is 0 Å². The minimum atomic E-state index is -3.25. The van der Waals surface area contributed by atoms with Gasteiger partial charge in [-0.1, -0.05) is 33.6 Å². The van der Waals surface area contributed by atoms with Gasteiger partial charge in [0.05, 0.1) is 22.9 Å². The number of nitrogens with zero attached hydrogens (tertiary/aromatic N) is 2. The molecule has 9 heteroatoms. The summed E-state index contributed by atoms with van der Waals surface area (Å²) in [5.41, 5.74) is 2.10. The van der Waals surface area contributed by atoms with E-state index >= 15 is 0 Å². The fraction of sp³-hybridized carbons (Fsp3) is 0.111. The summed E-state index contributed by atoms with van der Waals surface area (Å²) in [5, 5.41) is 7.82. The highest BCUT2D eigenvalue weighted by atomic mass is 79.9. The zero-order valence-corrected chi connectivity index (χ0v) is 17.0. The van der Waals surface area contributed by atoms with Crippen LogP contribution in [0.5, 0.6) is 0 Å². The number of amides is 1. The minimum Gasteiger partial charge on any atom is -0.306 e. The number of halogens is 2. The molecule has 27 heavy (non-hydrogen) atoms. The summed E-state index contributed by atoms with van der Waals surface area (Å²) in [4.78, 5) is 12.7. The van der Waals surface area contributed by atoms with Gasteiger partial charge in [-0.15, -0.1) is 0 Å². The maximum absolute atomic E-state index is 12.7. The fourth-order valence-corrected chi connectivity index (χ4v) is 4.97. The third-order valence-electron chi connectivity index (χ3n) is 4.18. The van der Waals surface area contributed by atoms with Gasteiger partial charge < -0.3 is 5.32 Å². The molecule has 0 spiro atoms. The van der Waals surface area contributed by atoms with Crippen LogP contribution in [-0.4, -0.2) is 24.1 Å². The van der Waals surface area contributed by atoms with Crippen molar-refractivity contribution in [3.8, 4) is 5.69 Å². The maximum Gasteiger partial charge on any atom is 0.256 e. The number of carbonyl (C=O) groups excluding carboxylic acids is 1. The number of nitrogens with one attached hydrogen (secondary N) is 1. The Hall–Kier alpha value is -2.16. The van der Waals surface area contributed by atoms with Crippen LogP contribution in [0.4, 0.5) is 5.82 Å². The average Bonchev–Trinajstić information content (AvgIpc) is 3.08. The second kappa shape index (κ2) is 6.78. The van der Waals surface area contributed by atoms with Crippen molar-refractivity contribution < 1.29 is 13.2 Å². The van der Waals surface area contributed by atoms with Crippen LogP contribution in [0.15, 0.2) is 53.0 Å². The van der Waals surface area contributed by atoms with Gasteiger partial charge in [-0.2, -0.15) is 5.10 Å². The van der Waals surface area contributed by atoms with Gasteiger partial charge >= 0.3 is 0 Å². The highest BCUT2D eigenvalue weighted by Crippen LogP contribution is 2.33. The molecule has 0 radical (unpaired) electrons. The van der Waals surface area contributed by atoms with Crippen molar-refractivity contribution in [3.63, 3.8) is 0 Å². The number of fused-ring (bicyclic) bond motifs is 1. The predicted octanol–water partition coefficient (Wildman–Crippen LogP) is 3.97. The molecule has 1 aliphatic heterocycles. The van der Waals surface area contributed by atoms with Crippen molar-refractivity contribution in [1.29, 1.82) is 0 Å². The van der Waals surface area contributed by atoms with Crippen molar-refractivity contribution in [2.24, 2.45) is 0 Å². The lowest BCUT2D eigenvalue weighted by molar-refractivity contribution is 0.102. The van der Waals surface area contributed by atoms with Crippen LogP contribution in [-0.2, 0) is 21.3 Å². The van der Waals surface area contributed by atoms with Gasteiger partial charge in [-0.05, 0) is 42.5 Å². The maximum atomic E-state index is 12.7. The van der Waals surface area contributed by atoms with Crippen LogP contribution in [0.2, 0.25) is 5.02 Å². The molecule has 1 aliphatic rings. The van der Waals surface area contributed by atoms with E-state index in [1.54, 1.807) is 47.1 Å². The van der Waals surface area contributed by atoms with E-state index in [1.807, 2.05) is 6.07 Å². The summed E-state index contributed by atoms with van der Waals surface area (Å²) in [6, 6.07) is 13.9. The SMILES string of the molecule is O=C(Nc1c2c(nn1-c1ccc(Cl)cc1)CS(=O)(=O)C2)c1cccc(Br)c1. The van der Waals surface area contributed by atoms with Crippen LogP contribution < -0.4 is 5.32 Å². The zero-order chi connectivity index (χ0) is 19.2. The first-order chi connectivity index (χ1) is 12.8. The van der Waals surface area contributed by atoms with Gasteiger partial charge in [-0.3, -0.25) is 4.79 Å². The van der Waals surface area contributed by atoms with E-state index in [1.165, 1.54) is 0 Å². The molecule has 1 N–H and O–H groups in total. The summed E-state index contributed by atoms with van der Waals surface area (Å²) in [6.45, 7) is 0. The lowest BCUT2D eigenvalue weighted by Crippen LogP contribution is -2.17. The van der Waals surface area contributed by atoms with Gasteiger partial charge in [0.25, 0.3) is 5.91 Å². The lowest BCUT2D eigenvalue weighted by Gasteiger charge is -2.11. The molecule has 0 saturated carbocycles. The Kier molecular flexibility index (Phi) is 4.57. The van der Waals surface area contributed by atoms with Crippen LogP contribution in [0.3, 0.4) is 0 Å². The van der Waals surface area contributed by atoms with Crippen LogP contribution in [0, 0.1) is 0 Å². The van der Waals surface area contributed by atoms with Crippen molar-refractivity contribution >= 4 is 49.1 Å². The first-order valence-corrected chi connectivity index (χ1v) is 11.0. The number of benzene rings is 2. The largest absolute Gasteiger partial charge is 0.306 e. The highest BCUT2D eigenvalue weighted by Gasteiger charge is 2.33. The second-order valence-electron chi connectivity index (χ2n) is 6.16. The van der Waals surface area contributed by atoms with Crippen LogP contribution in [0.1, 0.15) is 21.6 Å². The summed E-state index contributed by atoms with van der Waals surface area (Å²) >= 11 is 9.29. The zero-order valence-electron chi connectivity index (χ0n) is 13.8. The summed E-state index contributed by atoms with van der Waals surface area (Å²) in [6.07, 6.45) is 0. The third kappa shape index (κ3) is 3.65. The molecule has 0 unspecified atom stereocenters. The molecule has 2 heterocycles. The number of rotatable bonds is 3. The number of anilines is 1. The molecule has 3 aromatic rings. The molecular formula is C18H13BrClN3O3S. The van der Waals surface area contributed by atoms with Gasteiger partial charge in [0, 0.05) is 20.6 Å². The second-order valence-corrected chi connectivity index (χ2v) is 9.58. The van der Waals surface area contributed by atoms with E-state index in [0.717, 1.165) is 4.47 Å². The lowest BCUT2D eigenvalue weighted by atomic mass is 10.2. The van der Waals surface area contributed by atoms with E-state index in [4.69, 9.17) is 11.6 Å². The van der Waals surface area contributed by atoms with E-state index in [0.29, 0.717) is 33.3 Å². The Bertz CT molecular complexity index is 1160. The van der Waals surface area contributed by atoms with E-state index in [9.17, 15) is 13.2 Å². The van der Waals surface area contributed by atoms with Crippen LogP contribution in [0.25, 0.3) is 5.69 Å². The van der Waals surface area contributed by atoms with Crippen LogP contribution >= 0.6 is 27.5 Å². The molecular weight excluding hydrogens is 454 g/mol. The molecule has 1 amide bonds. The van der Waals surface area contributed by atoms with E-state index in [-0.39, 0.29) is 17.4 Å². The first kappa shape index (κ1) is 18.2. The molecule has 0 bridgehead atoms. The first-order valence-electron chi connectivity index (χ1n) is 7.96. The molecule has 0 fully saturated rings. The van der Waals surface area contributed by atoms with Gasteiger partial charge in [0.15, 0.2) is 9.84 Å². The normalized spacial score (nSPS) is 14.7. The van der Waals surface area contributed by atoms with Gasteiger partial charge in [0.1, 0.15) is 5.82 Å². The summed E-state index contributed by atoms with van der Waals surface area (Å²) in [7, 11) is -3.25. The highest BCUT2D eigenvalue weighted by molar-refractivity contribution is 9.10. The standard InChI is InChI=1S/C18H13BrClN3O3S/c19-12-3-1-2-11(8-12)18(24)21-17-15-9-27(25,26)10-16(15)22-23(17)14-6-4-13(20)5-7-14/h1-8H,9-10H2,(H,21,24). The predicted molar refractivity (Wildman–Crippen MR) is 107 cm³/mol. The number of hydrogen-bond donors (Lipinski definition) is 1. The molecule has 138 valence electrons. The molecule has 4 rings (SSSR count). The fourth-order valence-electron chi connectivity index (χ4n) is 2.95. The minimum absolute atomic E-state index is 0.136. The number of sulfone groups is 1. The quantitative estimate of drug-likeness (QED) is 0.633. The Morgan fingerprint density at radius 2 is 1.89 bits per heavy atom. The Balaban J connectivity index is 1.78. The Labute approximate surface area is 169 Å². The monoisotopic (exact) mass is 465 g/mol. The van der Waals surface area contributed by atoms with Crippen molar-refractivity contribution in [3.05, 3.63) is 74.8 Å². The number of aromatic nitrogens is 2. The Morgan fingerprint density at radius 3 is 2.59 bits per heavy atom. The topological polar surface area (TPSA) is 81.1 Å². The Morgan fingerprint density at radius 1 is 1.15 bits per heavy atom. The van der Waals surface area contributed by atoms with E-state index < -0.39 is 9.84 Å². The average molecular weight is 467 g/mol. The number of hydrogen-bond acceptors (Lipinski definition) is 4. The number of carbonyl (C=O) groups is 1.